The highest BCUT2D eigenvalue weighted by Crippen LogP contribution is 2.27. The third-order valence-corrected chi connectivity index (χ3v) is 3.03. The molecule has 0 aromatic heterocycles. The van der Waals surface area contributed by atoms with Crippen LogP contribution < -0.4 is 10.6 Å². The molecule has 0 saturated carbocycles. The maximum atomic E-state index is 6.19. The first-order valence-corrected chi connectivity index (χ1v) is 6.64. The van der Waals surface area contributed by atoms with Gasteiger partial charge in [-0.15, -0.1) is 0 Å². The zero-order chi connectivity index (χ0) is 12.8. The van der Waals surface area contributed by atoms with Gasteiger partial charge in [-0.2, -0.15) is 0 Å². The van der Waals surface area contributed by atoms with E-state index in [0.29, 0.717) is 10.1 Å². The summed E-state index contributed by atoms with van der Waals surface area (Å²) < 4.78 is 0. The highest BCUT2D eigenvalue weighted by Gasteiger charge is 2.06. The van der Waals surface area contributed by atoms with Crippen molar-refractivity contribution in [3.63, 3.8) is 0 Å². The monoisotopic (exact) mass is 270 g/mol. The van der Waals surface area contributed by atoms with Crippen LogP contribution in [-0.4, -0.2) is 11.7 Å². The van der Waals surface area contributed by atoms with Crippen molar-refractivity contribution in [2.24, 2.45) is 0 Å². The fraction of sp³-hybridized carbons (Fsp3) is 0.462. The Bertz CT molecular complexity index is 381. The van der Waals surface area contributed by atoms with E-state index in [-0.39, 0.29) is 0 Å². The van der Waals surface area contributed by atoms with Gasteiger partial charge in [0, 0.05) is 6.54 Å². The van der Waals surface area contributed by atoms with Gasteiger partial charge in [0.15, 0.2) is 5.11 Å². The predicted octanol–water partition coefficient (Wildman–Crippen LogP) is 4.04. The van der Waals surface area contributed by atoms with Crippen LogP contribution in [0.15, 0.2) is 12.1 Å². The average Bonchev–Trinajstić information content (AvgIpc) is 2.24. The molecule has 2 N–H and O–H groups in total. The van der Waals surface area contributed by atoms with Gasteiger partial charge in [-0.3, -0.25) is 0 Å². The van der Waals surface area contributed by atoms with Crippen LogP contribution in [0.2, 0.25) is 5.02 Å². The summed E-state index contributed by atoms with van der Waals surface area (Å²) in [5.41, 5.74) is 3.16. The van der Waals surface area contributed by atoms with Crippen LogP contribution in [0.5, 0.6) is 0 Å². The van der Waals surface area contributed by atoms with Gasteiger partial charge in [0.05, 0.1) is 10.7 Å². The van der Waals surface area contributed by atoms with E-state index in [2.05, 4.69) is 23.6 Å². The molecule has 0 saturated heterocycles. The number of anilines is 1. The molecule has 1 aromatic carbocycles. The Morgan fingerprint density at radius 1 is 1.35 bits per heavy atom. The summed E-state index contributed by atoms with van der Waals surface area (Å²) in [6.45, 7) is 7.10. The van der Waals surface area contributed by atoms with Crippen LogP contribution in [0.25, 0.3) is 0 Å². The Hall–Kier alpha value is -0.800. The number of hydrogen-bond acceptors (Lipinski definition) is 1. The Kier molecular flexibility index (Phi) is 5.72. The molecule has 0 fully saturated rings. The standard InChI is InChI=1S/C13H19ClN2S/c1-4-5-6-15-13(17)16-12-10(3)7-9(2)8-11(12)14/h7-8H,4-6H2,1-3H3,(H2,15,16,17). The number of unbranched alkanes of at least 4 members (excludes halogenated alkanes) is 1. The first-order chi connectivity index (χ1) is 8.04. The van der Waals surface area contributed by atoms with E-state index >= 15 is 0 Å². The molecule has 0 aliphatic rings. The number of aryl methyl sites for hydroxylation is 2. The lowest BCUT2D eigenvalue weighted by Crippen LogP contribution is -2.29. The highest BCUT2D eigenvalue weighted by atomic mass is 35.5. The van der Waals surface area contributed by atoms with Crippen LogP contribution in [0.3, 0.4) is 0 Å². The molecule has 1 aromatic rings. The van der Waals surface area contributed by atoms with Gasteiger partial charge in [-0.25, -0.2) is 0 Å². The number of nitrogens with one attached hydrogen (secondary N) is 2. The lowest BCUT2D eigenvalue weighted by molar-refractivity contribution is 0.758. The number of rotatable bonds is 4. The molecule has 0 amide bonds. The Balaban J connectivity index is 2.65. The van der Waals surface area contributed by atoms with Crippen molar-refractivity contribution in [2.45, 2.75) is 33.6 Å². The lowest BCUT2D eigenvalue weighted by atomic mass is 10.1. The summed E-state index contributed by atoms with van der Waals surface area (Å²) in [5, 5.41) is 7.66. The maximum absolute atomic E-state index is 6.19. The number of benzene rings is 1. The molecule has 2 nitrogen and oxygen atoms in total. The molecule has 0 aliphatic heterocycles. The summed E-state index contributed by atoms with van der Waals surface area (Å²) in [7, 11) is 0. The van der Waals surface area contributed by atoms with Crippen molar-refractivity contribution in [1.82, 2.24) is 5.32 Å². The SMILES string of the molecule is CCCCNC(=S)Nc1c(C)cc(C)cc1Cl. The normalized spacial score (nSPS) is 10.1. The number of thiocarbonyl (C=S) groups is 1. The highest BCUT2D eigenvalue weighted by molar-refractivity contribution is 7.80. The summed E-state index contributed by atoms with van der Waals surface area (Å²) in [6, 6.07) is 4.02. The topological polar surface area (TPSA) is 24.1 Å². The zero-order valence-corrected chi connectivity index (χ0v) is 12.1. The second-order valence-corrected chi connectivity index (χ2v) is 4.99. The Morgan fingerprint density at radius 3 is 2.65 bits per heavy atom. The molecule has 0 heterocycles. The molecule has 1 rings (SSSR count). The quantitative estimate of drug-likeness (QED) is 0.638. The first kappa shape index (κ1) is 14.3. The van der Waals surface area contributed by atoms with Gasteiger partial charge < -0.3 is 10.6 Å². The summed E-state index contributed by atoms with van der Waals surface area (Å²) >= 11 is 11.4. The smallest absolute Gasteiger partial charge is 0.170 e. The summed E-state index contributed by atoms with van der Waals surface area (Å²) in [5.74, 6) is 0. The molecular formula is C13H19ClN2S. The lowest BCUT2D eigenvalue weighted by Gasteiger charge is -2.14. The van der Waals surface area contributed by atoms with Gasteiger partial charge in [0.1, 0.15) is 0 Å². The van der Waals surface area contributed by atoms with Crippen LogP contribution >= 0.6 is 23.8 Å². The molecule has 0 unspecified atom stereocenters. The number of halogens is 1. The van der Waals surface area contributed by atoms with E-state index in [9.17, 15) is 0 Å². The van der Waals surface area contributed by atoms with E-state index in [4.69, 9.17) is 23.8 Å². The molecule has 0 atom stereocenters. The minimum Gasteiger partial charge on any atom is -0.362 e. The van der Waals surface area contributed by atoms with E-state index in [1.54, 1.807) is 0 Å². The van der Waals surface area contributed by atoms with E-state index < -0.39 is 0 Å². The largest absolute Gasteiger partial charge is 0.362 e. The van der Waals surface area contributed by atoms with Crippen molar-refractivity contribution in [3.05, 3.63) is 28.3 Å². The van der Waals surface area contributed by atoms with Crippen LogP contribution in [0, 0.1) is 13.8 Å². The number of hydrogen-bond donors (Lipinski definition) is 2. The minimum atomic E-state index is 0.632. The summed E-state index contributed by atoms with van der Waals surface area (Å²) in [4.78, 5) is 0. The molecule has 94 valence electrons. The maximum Gasteiger partial charge on any atom is 0.170 e. The fourth-order valence-corrected chi connectivity index (χ4v) is 2.18. The van der Waals surface area contributed by atoms with Gasteiger partial charge in [0.25, 0.3) is 0 Å². The van der Waals surface area contributed by atoms with E-state index in [1.165, 1.54) is 0 Å². The van der Waals surface area contributed by atoms with Crippen molar-refractivity contribution in [1.29, 1.82) is 0 Å². The van der Waals surface area contributed by atoms with Gasteiger partial charge in [0.2, 0.25) is 0 Å². The minimum absolute atomic E-state index is 0.632. The fourth-order valence-electron chi connectivity index (χ4n) is 1.61. The third kappa shape index (κ3) is 4.52. The van der Waals surface area contributed by atoms with Gasteiger partial charge in [-0.1, -0.05) is 31.0 Å². The molecule has 0 radical (unpaired) electrons. The van der Waals surface area contributed by atoms with Crippen LogP contribution in [0.1, 0.15) is 30.9 Å². The average molecular weight is 271 g/mol. The van der Waals surface area contributed by atoms with Gasteiger partial charge >= 0.3 is 0 Å². The Morgan fingerprint density at radius 2 is 2.06 bits per heavy atom. The van der Waals surface area contributed by atoms with Crippen molar-refractivity contribution in [2.75, 3.05) is 11.9 Å². The zero-order valence-electron chi connectivity index (χ0n) is 10.6. The van der Waals surface area contributed by atoms with Crippen molar-refractivity contribution >= 4 is 34.6 Å². The van der Waals surface area contributed by atoms with Crippen molar-refractivity contribution < 1.29 is 0 Å². The van der Waals surface area contributed by atoms with Gasteiger partial charge in [-0.05, 0) is 49.7 Å². The molecular weight excluding hydrogens is 252 g/mol. The second kappa shape index (κ2) is 6.82. The van der Waals surface area contributed by atoms with Crippen LogP contribution in [0.4, 0.5) is 5.69 Å². The molecule has 4 heteroatoms. The third-order valence-electron chi connectivity index (χ3n) is 2.49. The first-order valence-electron chi connectivity index (χ1n) is 5.86. The predicted molar refractivity (Wildman–Crippen MR) is 80.1 cm³/mol. The second-order valence-electron chi connectivity index (χ2n) is 4.17. The van der Waals surface area contributed by atoms with Crippen molar-refractivity contribution in [3.8, 4) is 0 Å². The Labute approximate surface area is 114 Å². The van der Waals surface area contributed by atoms with E-state index in [0.717, 1.165) is 36.2 Å². The van der Waals surface area contributed by atoms with Crippen LogP contribution in [-0.2, 0) is 0 Å². The molecule has 0 bridgehead atoms. The molecule has 17 heavy (non-hydrogen) atoms. The molecule has 0 spiro atoms. The van der Waals surface area contributed by atoms with E-state index in [1.807, 2.05) is 19.9 Å². The molecule has 0 aliphatic carbocycles. The summed E-state index contributed by atoms with van der Waals surface area (Å²) in [6.07, 6.45) is 2.27.